The van der Waals surface area contributed by atoms with Crippen LogP contribution in [0.2, 0.25) is 0 Å². The third-order valence-corrected chi connectivity index (χ3v) is 4.48. The van der Waals surface area contributed by atoms with E-state index in [-0.39, 0.29) is 35.8 Å². The molecule has 0 atom stereocenters. The molecule has 0 fully saturated rings. The van der Waals surface area contributed by atoms with E-state index in [1.54, 1.807) is 0 Å². The molecule has 3 amide bonds. The molecule has 0 saturated heterocycles. The highest BCUT2D eigenvalue weighted by molar-refractivity contribution is 8.00. The fourth-order valence-electron chi connectivity index (χ4n) is 2.25. The number of thioether (sulfide) groups is 1. The Morgan fingerprint density at radius 2 is 1.59 bits per heavy atom. The normalized spacial score (nSPS) is 10.1. The van der Waals surface area contributed by atoms with Gasteiger partial charge in [-0.25, -0.2) is 0 Å². The topological polar surface area (TPSA) is 87.3 Å². The Morgan fingerprint density at radius 3 is 2.33 bits per heavy atom. The number of carbonyl (C=O) groups excluding carboxylic acids is 3. The van der Waals surface area contributed by atoms with E-state index in [2.05, 4.69) is 16.0 Å². The van der Waals surface area contributed by atoms with Gasteiger partial charge in [0.2, 0.25) is 17.7 Å². The zero-order chi connectivity index (χ0) is 19.5. The molecule has 0 aliphatic rings. The zero-order valence-electron chi connectivity index (χ0n) is 15.2. The molecule has 142 valence electrons. The van der Waals surface area contributed by atoms with Gasteiger partial charge in [-0.05, 0) is 30.2 Å². The molecule has 2 aromatic carbocycles. The summed E-state index contributed by atoms with van der Waals surface area (Å²) in [4.78, 5) is 35.4. The zero-order valence-corrected chi connectivity index (χ0v) is 16.0. The second kappa shape index (κ2) is 11.0. The van der Waals surface area contributed by atoms with Crippen LogP contribution in [-0.2, 0) is 20.9 Å². The minimum absolute atomic E-state index is 0.0816. The van der Waals surface area contributed by atoms with Crippen LogP contribution in [0.4, 0.5) is 5.69 Å². The minimum Gasteiger partial charge on any atom is -0.350 e. The number of anilines is 1. The fourth-order valence-corrected chi connectivity index (χ4v) is 2.89. The summed E-state index contributed by atoms with van der Waals surface area (Å²) >= 11 is 1.20. The van der Waals surface area contributed by atoms with Crippen LogP contribution in [0.5, 0.6) is 0 Å². The molecular formula is C20H23N3O3S. The Labute approximate surface area is 163 Å². The van der Waals surface area contributed by atoms with E-state index in [0.717, 1.165) is 16.8 Å². The van der Waals surface area contributed by atoms with Gasteiger partial charge in [0, 0.05) is 12.2 Å². The second-order valence-electron chi connectivity index (χ2n) is 5.95. The van der Waals surface area contributed by atoms with Crippen molar-refractivity contribution in [3.8, 4) is 0 Å². The van der Waals surface area contributed by atoms with Gasteiger partial charge in [0.25, 0.3) is 0 Å². The Kier molecular flexibility index (Phi) is 8.38. The highest BCUT2D eigenvalue weighted by Crippen LogP contribution is 2.10. The molecule has 3 N–H and O–H groups in total. The molecular weight excluding hydrogens is 362 g/mol. The quantitative estimate of drug-likeness (QED) is 0.617. The predicted molar refractivity (Wildman–Crippen MR) is 108 cm³/mol. The van der Waals surface area contributed by atoms with Gasteiger partial charge in [-0.2, -0.15) is 0 Å². The van der Waals surface area contributed by atoms with Crippen LogP contribution in [-0.4, -0.2) is 35.8 Å². The third kappa shape index (κ3) is 8.42. The number of amides is 3. The van der Waals surface area contributed by atoms with Gasteiger partial charge >= 0.3 is 0 Å². The Morgan fingerprint density at radius 1 is 0.852 bits per heavy atom. The van der Waals surface area contributed by atoms with Crippen molar-refractivity contribution in [2.45, 2.75) is 13.5 Å². The van der Waals surface area contributed by atoms with Gasteiger partial charge in [-0.15, -0.1) is 11.8 Å². The molecule has 0 aliphatic carbocycles. The maximum absolute atomic E-state index is 11.9. The van der Waals surface area contributed by atoms with Crippen LogP contribution < -0.4 is 16.0 Å². The average Bonchev–Trinajstić information content (AvgIpc) is 2.65. The lowest BCUT2D eigenvalue weighted by Gasteiger charge is -2.08. The predicted octanol–water partition coefficient (Wildman–Crippen LogP) is 2.10. The van der Waals surface area contributed by atoms with Crippen molar-refractivity contribution in [3.63, 3.8) is 0 Å². The molecule has 7 heteroatoms. The first-order valence-electron chi connectivity index (χ1n) is 8.54. The number of hydrogen-bond acceptors (Lipinski definition) is 4. The van der Waals surface area contributed by atoms with Gasteiger partial charge in [0.1, 0.15) is 0 Å². The molecule has 0 radical (unpaired) electrons. The number of rotatable bonds is 9. The number of hydrogen-bond donors (Lipinski definition) is 3. The van der Waals surface area contributed by atoms with Crippen molar-refractivity contribution in [1.29, 1.82) is 0 Å². The first-order chi connectivity index (χ1) is 13.0. The van der Waals surface area contributed by atoms with Gasteiger partial charge < -0.3 is 16.0 Å². The molecule has 0 spiro atoms. The SMILES string of the molecule is Cc1cccc(NC(=O)CSCC(=O)NCC(=O)NCc2ccccc2)c1. The van der Waals surface area contributed by atoms with Crippen LogP contribution in [0.15, 0.2) is 54.6 Å². The Balaban J connectivity index is 1.57. The van der Waals surface area contributed by atoms with Gasteiger partial charge in [0.05, 0.1) is 18.1 Å². The number of benzene rings is 2. The number of carbonyl (C=O) groups is 3. The molecule has 0 heterocycles. The molecule has 0 aliphatic heterocycles. The summed E-state index contributed by atoms with van der Waals surface area (Å²) < 4.78 is 0. The smallest absolute Gasteiger partial charge is 0.239 e. The number of aryl methyl sites for hydroxylation is 1. The van der Waals surface area contributed by atoms with Crippen molar-refractivity contribution < 1.29 is 14.4 Å². The molecule has 0 bridgehead atoms. The van der Waals surface area contributed by atoms with Gasteiger partial charge in [0.15, 0.2) is 0 Å². The summed E-state index contributed by atoms with van der Waals surface area (Å²) in [6, 6.07) is 17.0. The van der Waals surface area contributed by atoms with Gasteiger partial charge in [-0.1, -0.05) is 42.5 Å². The Hall–Kier alpha value is -2.80. The first kappa shape index (κ1) is 20.5. The fraction of sp³-hybridized carbons (Fsp3) is 0.250. The van der Waals surface area contributed by atoms with Crippen LogP contribution in [0.3, 0.4) is 0 Å². The summed E-state index contributed by atoms with van der Waals surface area (Å²) in [5.74, 6) is -0.416. The summed E-state index contributed by atoms with van der Waals surface area (Å²) in [7, 11) is 0. The van der Waals surface area contributed by atoms with E-state index >= 15 is 0 Å². The highest BCUT2D eigenvalue weighted by Gasteiger charge is 2.08. The first-order valence-corrected chi connectivity index (χ1v) is 9.70. The molecule has 2 aromatic rings. The maximum atomic E-state index is 11.9. The van der Waals surface area contributed by atoms with Gasteiger partial charge in [-0.3, -0.25) is 14.4 Å². The van der Waals surface area contributed by atoms with Crippen LogP contribution >= 0.6 is 11.8 Å². The van der Waals surface area contributed by atoms with E-state index in [9.17, 15) is 14.4 Å². The summed E-state index contributed by atoms with van der Waals surface area (Å²) in [6.45, 7) is 2.29. The van der Waals surface area contributed by atoms with Crippen molar-refractivity contribution >= 4 is 35.2 Å². The van der Waals surface area contributed by atoms with E-state index in [1.165, 1.54) is 11.8 Å². The summed E-state index contributed by atoms with van der Waals surface area (Å²) in [5.41, 5.74) is 2.79. The molecule has 0 saturated carbocycles. The van der Waals surface area contributed by atoms with Crippen molar-refractivity contribution in [1.82, 2.24) is 10.6 Å². The third-order valence-electron chi connectivity index (χ3n) is 3.55. The van der Waals surface area contributed by atoms with E-state index < -0.39 is 0 Å². The van der Waals surface area contributed by atoms with Crippen molar-refractivity contribution in [2.75, 3.05) is 23.4 Å². The molecule has 0 unspecified atom stereocenters. The molecule has 0 aromatic heterocycles. The molecule has 27 heavy (non-hydrogen) atoms. The molecule has 6 nitrogen and oxygen atoms in total. The summed E-state index contributed by atoms with van der Waals surface area (Å²) in [6.07, 6.45) is 0. The standard InChI is InChI=1S/C20H23N3O3S/c1-15-6-5-9-17(10-15)23-20(26)14-27-13-19(25)22-12-18(24)21-11-16-7-3-2-4-8-16/h2-10H,11-14H2,1H3,(H,21,24)(H,22,25)(H,23,26). The Bertz CT molecular complexity index is 781. The summed E-state index contributed by atoms with van der Waals surface area (Å²) in [5, 5.41) is 8.07. The van der Waals surface area contributed by atoms with Crippen molar-refractivity contribution in [3.05, 3.63) is 65.7 Å². The highest BCUT2D eigenvalue weighted by atomic mass is 32.2. The van der Waals surface area contributed by atoms with Crippen LogP contribution in [0, 0.1) is 6.92 Å². The van der Waals surface area contributed by atoms with Crippen LogP contribution in [0.25, 0.3) is 0 Å². The minimum atomic E-state index is -0.279. The van der Waals surface area contributed by atoms with E-state index in [0.29, 0.717) is 6.54 Å². The largest absolute Gasteiger partial charge is 0.350 e. The average molecular weight is 385 g/mol. The second-order valence-corrected chi connectivity index (χ2v) is 6.94. The van der Waals surface area contributed by atoms with E-state index in [4.69, 9.17) is 0 Å². The van der Waals surface area contributed by atoms with E-state index in [1.807, 2.05) is 61.5 Å². The van der Waals surface area contributed by atoms with Crippen LogP contribution in [0.1, 0.15) is 11.1 Å². The monoisotopic (exact) mass is 385 g/mol. The lowest BCUT2D eigenvalue weighted by Crippen LogP contribution is -2.37. The lowest BCUT2D eigenvalue weighted by molar-refractivity contribution is -0.124. The van der Waals surface area contributed by atoms with Crippen molar-refractivity contribution in [2.24, 2.45) is 0 Å². The lowest BCUT2D eigenvalue weighted by atomic mass is 10.2. The number of nitrogens with one attached hydrogen (secondary N) is 3. The molecule has 2 rings (SSSR count). The maximum Gasteiger partial charge on any atom is 0.239 e.